The average Bonchev–Trinajstić information content (AvgIpc) is 2.54. The normalized spacial score (nSPS) is 34.7. The maximum absolute atomic E-state index is 9.87. The van der Waals surface area contributed by atoms with Crippen LogP contribution in [0.1, 0.15) is 6.92 Å². The minimum absolute atomic E-state index is 0. The van der Waals surface area contributed by atoms with E-state index in [-0.39, 0.29) is 18.7 Å². The highest BCUT2D eigenvalue weighted by Gasteiger charge is 2.41. The van der Waals surface area contributed by atoms with Crippen molar-refractivity contribution in [2.45, 2.75) is 62.0 Å². The van der Waals surface area contributed by atoms with Gasteiger partial charge in [-0.1, -0.05) is 0 Å². The van der Waals surface area contributed by atoms with Crippen molar-refractivity contribution >= 4 is 18.7 Å². The highest BCUT2D eigenvalue weighted by atomic mass is 35.5. The fourth-order valence-electron chi connectivity index (χ4n) is 1.69. The van der Waals surface area contributed by atoms with Crippen LogP contribution in [0, 0.1) is 0 Å². The third-order valence-corrected chi connectivity index (χ3v) is 3.28. The lowest BCUT2D eigenvalue weighted by Crippen LogP contribution is -2.61. The van der Waals surface area contributed by atoms with E-state index in [1.807, 2.05) is 0 Å². The molecule has 10 N–H and O–H groups in total. The Kier molecular flexibility index (Phi) is 12.9. The minimum atomic E-state index is -1.65. The van der Waals surface area contributed by atoms with Crippen molar-refractivity contribution in [1.82, 2.24) is 0 Å². The molecule has 0 amide bonds. The van der Waals surface area contributed by atoms with Gasteiger partial charge in [-0.3, -0.25) is 0 Å². The molecule has 0 bridgehead atoms. The maximum Gasteiger partial charge on any atom is 0.173 e. The van der Waals surface area contributed by atoms with Crippen molar-refractivity contribution in [3.63, 3.8) is 0 Å². The van der Waals surface area contributed by atoms with Crippen LogP contribution in [0.4, 0.5) is 0 Å². The van der Waals surface area contributed by atoms with E-state index in [4.69, 9.17) is 41.1 Å². The zero-order chi connectivity index (χ0) is 18.3. The second kappa shape index (κ2) is 12.0. The van der Waals surface area contributed by atoms with Crippen molar-refractivity contribution in [1.29, 1.82) is 0 Å². The molecule has 0 radical (unpaired) electrons. The van der Waals surface area contributed by atoms with Crippen molar-refractivity contribution in [2.75, 3.05) is 6.61 Å². The SMILES string of the molecule is CC(O)C(O)C(O)C(O)C=O.Cl.N[C@H]1C(O)O[C@H](CO)[C@H](O)[C@@H]1O. The van der Waals surface area contributed by atoms with Crippen molar-refractivity contribution < 1.29 is 50.4 Å². The van der Waals surface area contributed by atoms with Gasteiger partial charge in [-0.05, 0) is 6.92 Å². The van der Waals surface area contributed by atoms with E-state index in [1.165, 1.54) is 6.92 Å². The van der Waals surface area contributed by atoms with Crippen LogP contribution in [0.3, 0.4) is 0 Å². The molecule has 1 heterocycles. The number of hydrogen-bond acceptors (Lipinski definition) is 11. The summed E-state index contributed by atoms with van der Waals surface area (Å²) in [6, 6.07) is -1.04. The van der Waals surface area contributed by atoms with Gasteiger partial charge < -0.3 is 56.1 Å². The Morgan fingerprint density at radius 3 is 1.96 bits per heavy atom. The summed E-state index contributed by atoms with van der Waals surface area (Å²) < 4.78 is 4.70. The first-order chi connectivity index (χ1) is 10.6. The molecule has 0 spiro atoms. The number of aliphatic hydroxyl groups excluding tert-OH is 8. The summed E-state index contributed by atoms with van der Waals surface area (Å²) in [5.74, 6) is 0. The Balaban J connectivity index is 0. The summed E-state index contributed by atoms with van der Waals surface area (Å²) in [6.45, 7) is 0.771. The first kappa shape index (κ1) is 25.8. The molecule has 0 aromatic heterocycles. The minimum Gasteiger partial charge on any atom is -0.394 e. The first-order valence-electron chi connectivity index (χ1n) is 6.82. The lowest BCUT2D eigenvalue weighted by molar-refractivity contribution is -0.248. The second-order valence-electron chi connectivity index (χ2n) is 5.15. The molecule has 5 unspecified atom stereocenters. The van der Waals surface area contributed by atoms with Crippen molar-refractivity contribution in [3.05, 3.63) is 0 Å². The second-order valence-corrected chi connectivity index (χ2v) is 5.15. The topological polar surface area (TPSA) is 214 Å². The smallest absolute Gasteiger partial charge is 0.173 e. The van der Waals surface area contributed by atoms with Crippen LogP contribution < -0.4 is 5.73 Å². The quantitative estimate of drug-likeness (QED) is 0.206. The summed E-state index contributed by atoms with van der Waals surface area (Å²) in [4.78, 5) is 9.87. The Morgan fingerprint density at radius 2 is 1.58 bits per heavy atom. The monoisotopic (exact) mass is 379 g/mol. The van der Waals surface area contributed by atoms with E-state index >= 15 is 0 Å². The van der Waals surface area contributed by atoms with E-state index in [0.717, 1.165) is 0 Å². The molecular weight excluding hydrogens is 354 g/mol. The van der Waals surface area contributed by atoms with Crippen LogP contribution in [0.15, 0.2) is 0 Å². The summed E-state index contributed by atoms with van der Waals surface area (Å²) in [7, 11) is 0. The number of carbonyl (C=O) groups is 1. The van der Waals surface area contributed by atoms with E-state index < -0.39 is 61.7 Å². The number of ether oxygens (including phenoxy) is 1. The van der Waals surface area contributed by atoms with Crippen LogP contribution in [-0.2, 0) is 9.53 Å². The number of carbonyl (C=O) groups excluding carboxylic acids is 1. The molecule has 0 aliphatic carbocycles. The fourth-order valence-corrected chi connectivity index (χ4v) is 1.69. The van der Waals surface area contributed by atoms with Gasteiger partial charge in [-0.25, -0.2) is 0 Å². The molecule has 0 aromatic rings. The highest BCUT2D eigenvalue weighted by molar-refractivity contribution is 5.85. The van der Waals surface area contributed by atoms with Gasteiger partial charge in [-0.2, -0.15) is 0 Å². The van der Waals surface area contributed by atoms with Crippen LogP contribution in [-0.4, -0.2) is 109 Å². The number of aliphatic hydroxyl groups is 8. The Bertz CT molecular complexity index is 345. The Morgan fingerprint density at radius 1 is 1.08 bits per heavy atom. The molecule has 1 fully saturated rings. The van der Waals surface area contributed by atoms with E-state index in [9.17, 15) is 15.0 Å². The summed E-state index contributed by atoms with van der Waals surface area (Å²) >= 11 is 0. The highest BCUT2D eigenvalue weighted by Crippen LogP contribution is 2.17. The molecule has 12 heteroatoms. The lowest BCUT2D eigenvalue weighted by atomic mass is 9.98. The third kappa shape index (κ3) is 7.21. The standard InChI is InChI=1S/C6H13NO5.C6H12O5.ClH/c7-3-5(10)4(9)2(1-8)12-6(3)11;1-3(8)5(10)6(11)4(9)2-7;/h2-6,8-11H,1,7H2;2-6,8-11H,1H3;1H/t2-,3-,4+,5-,6?;;/m1../s1. The fraction of sp³-hybridized carbons (Fsp3) is 0.917. The molecule has 9 atom stereocenters. The van der Waals surface area contributed by atoms with Crippen LogP contribution in [0.25, 0.3) is 0 Å². The van der Waals surface area contributed by atoms with Crippen molar-refractivity contribution in [3.8, 4) is 0 Å². The molecule has 1 saturated heterocycles. The molecule has 0 saturated carbocycles. The molecule has 1 aliphatic rings. The summed E-state index contributed by atoms with van der Waals surface area (Å²) in [5, 5.41) is 71.2. The van der Waals surface area contributed by atoms with E-state index in [2.05, 4.69) is 0 Å². The Hall–Kier alpha value is -0.440. The number of aldehydes is 1. The largest absolute Gasteiger partial charge is 0.394 e. The van der Waals surface area contributed by atoms with Crippen molar-refractivity contribution in [2.24, 2.45) is 5.73 Å². The molecule has 1 rings (SSSR count). The van der Waals surface area contributed by atoms with E-state index in [1.54, 1.807) is 0 Å². The molecule has 11 nitrogen and oxygen atoms in total. The molecular formula is C12H26ClNO10. The maximum atomic E-state index is 9.87. The molecule has 146 valence electrons. The van der Waals surface area contributed by atoms with Gasteiger partial charge in [-0.15, -0.1) is 12.4 Å². The Labute approximate surface area is 144 Å². The molecule has 1 aliphatic heterocycles. The zero-order valence-corrected chi connectivity index (χ0v) is 13.7. The van der Waals surface area contributed by atoms with Crippen LogP contribution >= 0.6 is 12.4 Å². The van der Waals surface area contributed by atoms with Gasteiger partial charge in [0.1, 0.15) is 36.6 Å². The lowest BCUT2D eigenvalue weighted by Gasteiger charge is -2.38. The summed E-state index contributed by atoms with van der Waals surface area (Å²) in [5.41, 5.74) is 5.26. The third-order valence-electron chi connectivity index (χ3n) is 3.28. The van der Waals surface area contributed by atoms with Crippen LogP contribution in [0.2, 0.25) is 0 Å². The summed E-state index contributed by atoms with van der Waals surface area (Å²) in [6.07, 6.45) is -10.7. The predicted octanol–water partition coefficient (Wildman–Crippen LogP) is -5.18. The average molecular weight is 380 g/mol. The van der Waals surface area contributed by atoms with E-state index in [0.29, 0.717) is 0 Å². The predicted molar refractivity (Wildman–Crippen MR) is 81.0 cm³/mol. The first-order valence-corrected chi connectivity index (χ1v) is 6.82. The van der Waals surface area contributed by atoms with Gasteiger partial charge in [0.15, 0.2) is 12.6 Å². The van der Waals surface area contributed by atoms with Gasteiger partial charge in [0.05, 0.1) is 18.8 Å². The van der Waals surface area contributed by atoms with Gasteiger partial charge in [0.2, 0.25) is 0 Å². The number of halogens is 1. The molecule has 0 aromatic carbocycles. The number of nitrogens with two attached hydrogens (primary N) is 1. The number of hydrogen-bond donors (Lipinski definition) is 9. The van der Waals surface area contributed by atoms with Gasteiger partial charge >= 0.3 is 0 Å². The van der Waals surface area contributed by atoms with Crippen LogP contribution in [0.5, 0.6) is 0 Å². The van der Waals surface area contributed by atoms with Gasteiger partial charge in [0, 0.05) is 0 Å². The zero-order valence-electron chi connectivity index (χ0n) is 12.9. The number of rotatable bonds is 5. The van der Waals surface area contributed by atoms with Gasteiger partial charge in [0.25, 0.3) is 0 Å². The molecule has 24 heavy (non-hydrogen) atoms.